The number of carbonyl (C=O) groups is 2. The highest BCUT2D eigenvalue weighted by atomic mass is 31.2. The van der Waals surface area contributed by atoms with Crippen molar-refractivity contribution in [1.82, 2.24) is 0 Å². The van der Waals surface area contributed by atoms with E-state index in [0.717, 1.165) is 83.5 Å². The van der Waals surface area contributed by atoms with Gasteiger partial charge in [-0.15, -0.1) is 0 Å². The van der Waals surface area contributed by atoms with Gasteiger partial charge in [0.25, 0.3) is 0 Å². The summed E-state index contributed by atoms with van der Waals surface area (Å²) in [5.74, 6) is -0.957. The highest BCUT2D eigenvalue weighted by Gasteiger charge is 2.27. The lowest BCUT2D eigenvalue weighted by molar-refractivity contribution is -0.161. The van der Waals surface area contributed by atoms with E-state index in [0.29, 0.717) is 12.8 Å². The molecular formula is C37H67O10P. The van der Waals surface area contributed by atoms with Crippen LogP contribution in [0.4, 0.5) is 0 Å². The van der Waals surface area contributed by atoms with Crippen molar-refractivity contribution in [3.05, 3.63) is 36.5 Å². The maximum atomic E-state index is 12.5. The van der Waals surface area contributed by atoms with Gasteiger partial charge in [0.05, 0.1) is 19.8 Å². The SMILES string of the molecule is CCCC/C=C/C/C=C/CCCCCCCC(=O)OC[C@H](COP(=O)(O)OC[C@@H](O)CO)OC(=O)CCCCCCC/C=C/CCCC. The van der Waals surface area contributed by atoms with Gasteiger partial charge in [0.2, 0.25) is 0 Å². The average Bonchev–Trinajstić information content (AvgIpc) is 3.07. The van der Waals surface area contributed by atoms with Crippen LogP contribution in [0.15, 0.2) is 36.5 Å². The number of ether oxygens (including phenoxy) is 2. The standard InChI is InChI=1S/C37H67O10P/c1-3-5-7-9-11-13-15-16-17-19-20-22-24-26-28-36(40)44-32-35(33-46-48(42,43)45-31-34(39)30-38)47-37(41)29-27-25-23-21-18-14-12-10-8-6-4-2/h9-12,15-16,34-35,38-39H,3-8,13-14,17-33H2,1-2H3,(H,42,43)/b11-9+,12-10+,16-15+/t34-,35+/m0/s1. The smallest absolute Gasteiger partial charge is 0.462 e. The molecule has 0 saturated carbocycles. The monoisotopic (exact) mass is 702 g/mol. The third-order valence-electron chi connectivity index (χ3n) is 7.52. The lowest BCUT2D eigenvalue weighted by atomic mass is 10.1. The van der Waals surface area contributed by atoms with Crippen molar-refractivity contribution in [2.45, 2.75) is 161 Å². The van der Waals surface area contributed by atoms with Crippen molar-refractivity contribution >= 4 is 19.8 Å². The Kier molecular flexibility index (Phi) is 32.4. The van der Waals surface area contributed by atoms with Crippen LogP contribution in [0.5, 0.6) is 0 Å². The second kappa shape index (κ2) is 33.7. The van der Waals surface area contributed by atoms with Crippen molar-refractivity contribution in [1.29, 1.82) is 0 Å². The predicted molar refractivity (Wildman–Crippen MR) is 191 cm³/mol. The summed E-state index contributed by atoms with van der Waals surface area (Å²) in [5.41, 5.74) is 0. The van der Waals surface area contributed by atoms with Gasteiger partial charge in [-0.3, -0.25) is 18.6 Å². The number of allylic oxidation sites excluding steroid dienone is 6. The fourth-order valence-corrected chi connectivity index (χ4v) is 5.37. The van der Waals surface area contributed by atoms with Crippen molar-refractivity contribution in [3.8, 4) is 0 Å². The Morgan fingerprint density at radius 1 is 0.625 bits per heavy atom. The van der Waals surface area contributed by atoms with E-state index >= 15 is 0 Å². The first-order valence-electron chi connectivity index (χ1n) is 18.4. The lowest BCUT2D eigenvalue weighted by Crippen LogP contribution is -2.29. The molecule has 0 aromatic rings. The molecule has 3 N–H and O–H groups in total. The molecule has 48 heavy (non-hydrogen) atoms. The molecule has 0 aliphatic heterocycles. The molecule has 0 aromatic heterocycles. The minimum Gasteiger partial charge on any atom is -0.462 e. The van der Waals surface area contributed by atoms with Gasteiger partial charge in [-0.1, -0.05) is 115 Å². The highest BCUT2D eigenvalue weighted by molar-refractivity contribution is 7.47. The third-order valence-corrected chi connectivity index (χ3v) is 8.47. The normalized spacial score (nSPS) is 14.5. The van der Waals surface area contributed by atoms with Crippen LogP contribution in [0, 0.1) is 0 Å². The molecule has 0 fully saturated rings. The van der Waals surface area contributed by atoms with E-state index in [1.165, 1.54) is 25.7 Å². The molecule has 10 nitrogen and oxygen atoms in total. The second-order valence-corrected chi connectivity index (χ2v) is 13.7. The molecule has 0 saturated heterocycles. The number of rotatable bonds is 34. The van der Waals surface area contributed by atoms with Gasteiger partial charge in [0, 0.05) is 12.8 Å². The van der Waals surface area contributed by atoms with Crippen molar-refractivity contribution in [3.63, 3.8) is 0 Å². The van der Waals surface area contributed by atoms with Gasteiger partial charge in [0.1, 0.15) is 12.7 Å². The number of esters is 2. The Labute approximate surface area is 291 Å². The van der Waals surface area contributed by atoms with Crippen molar-refractivity contribution in [2.24, 2.45) is 0 Å². The summed E-state index contributed by atoms with van der Waals surface area (Å²) in [7, 11) is -4.61. The number of carbonyl (C=O) groups excluding carboxylic acids is 2. The summed E-state index contributed by atoms with van der Waals surface area (Å²) in [5, 5.41) is 18.2. The first-order chi connectivity index (χ1) is 23.2. The fourth-order valence-electron chi connectivity index (χ4n) is 4.58. The number of phosphoric ester groups is 1. The van der Waals surface area contributed by atoms with Crippen LogP contribution in [0.2, 0.25) is 0 Å². The van der Waals surface area contributed by atoms with Crippen LogP contribution in [0.25, 0.3) is 0 Å². The zero-order valence-corrected chi connectivity index (χ0v) is 30.8. The molecule has 280 valence electrons. The average molecular weight is 703 g/mol. The molecule has 0 aliphatic rings. The zero-order chi connectivity index (χ0) is 35.6. The Balaban J connectivity index is 4.42. The topological polar surface area (TPSA) is 149 Å². The maximum Gasteiger partial charge on any atom is 0.472 e. The Bertz CT molecular complexity index is 905. The third kappa shape index (κ3) is 32.7. The summed E-state index contributed by atoms with van der Waals surface area (Å²) in [6, 6.07) is 0. The van der Waals surface area contributed by atoms with E-state index in [2.05, 4.69) is 54.8 Å². The number of aliphatic hydroxyl groups is 2. The molecule has 0 spiro atoms. The van der Waals surface area contributed by atoms with Crippen LogP contribution in [-0.4, -0.2) is 65.7 Å². The Hall–Kier alpha value is -1.81. The zero-order valence-electron chi connectivity index (χ0n) is 29.9. The molecule has 0 aliphatic carbocycles. The summed E-state index contributed by atoms with van der Waals surface area (Å²) in [6.45, 7) is 2.24. The highest BCUT2D eigenvalue weighted by Crippen LogP contribution is 2.43. The number of hydrogen-bond acceptors (Lipinski definition) is 9. The van der Waals surface area contributed by atoms with Gasteiger partial charge < -0.3 is 24.6 Å². The molecule has 0 radical (unpaired) electrons. The lowest BCUT2D eigenvalue weighted by Gasteiger charge is -2.20. The predicted octanol–water partition coefficient (Wildman–Crippen LogP) is 8.83. The molecule has 0 heterocycles. The van der Waals surface area contributed by atoms with Gasteiger partial charge in [-0.2, -0.15) is 0 Å². The van der Waals surface area contributed by atoms with E-state index < -0.39 is 51.8 Å². The van der Waals surface area contributed by atoms with Crippen LogP contribution in [0.1, 0.15) is 149 Å². The van der Waals surface area contributed by atoms with Crippen LogP contribution >= 0.6 is 7.82 Å². The van der Waals surface area contributed by atoms with E-state index in [-0.39, 0.29) is 19.4 Å². The number of unbranched alkanes of at least 4 members (excludes halogenated alkanes) is 14. The van der Waals surface area contributed by atoms with E-state index in [4.69, 9.17) is 19.1 Å². The first-order valence-corrected chi connectivity index (χ1v) is 19.9. The fraction of sp³-hybridized carbons (Fsp3) is 0.784. The van der Waals surface area contributed by atoms with Crippen LogP contribution in [-0.2, 0) is 32.7 Å². The molecular weight excluding hydrogens is 635 g/mol. The van der Waals surface area contributed by atoms with Gasteiger partial charge in [0.15, 0.2) is 6.10 Å². The number of phosphoric acid groups is 1. The van der Waals surface area contributed by atoms with E-state index in [1.807, 2.05) is 0 Å². The minimum absolute atomic E-state index is 0.170. The quantitative estimate of drug-likeness (QED) is 0.0257. The van der Waals surface area contributed by atoms with Gasteiger partial charge >= 0.3 is 19.8 Å². The first kappa shape index (κ1) is 46.2. The van der Waals surface area contributed by atoms with E-state index in [9.17, 15) is 24.2 Å². The maximum absolute atomic E-state index is 12.5. The van der Waals surface area contributed by atoms with E-state index in [1.54, 1.807) is 0 Å². The summed E-state index contributed by atoms with van der Waals surface area (Å²) < 4.78 is 32.5. The van der Waals surface area contributed by atoms with Crippen LogP contribution < -0.4 is 0 Å². The number of aliphatic hydroxyl groups excluding tert-OH is 2. The Morgan fingerprint density at radius 2 is 1.08 bits per heavy atom. The minimum atomic E-state index is -4.61. The summed E-state index contributed by atoms with van der Waals surface area (Å²) in [4.78, 5) is 34.7. The van der Waals surface area contributed by atoms with Crippen molar-refractivity contribution in [2.75, 3.05) is 26.4 Å². The summed E-state index contributed by atoms with van der Waals surface area (Å²) in [6.07, 6.45) is 31.2. The molecule has 0 amide bonds. The van der Waals surface area contributed by atoms with Crippen LogP contribution in [0.3, 0.4) is 0 Å². The Morgan fingerprint density at radius 3 is 1.62 bits per heavy atom. The largest absolute Gasteiger partial charge is 0.472 e. The van der Waals surface area contributed by atoms with Gasteiger partial charge in [-0.05, 0) is 57.8 Å². The molecule has 0 aromatic carbocycles. The summed E-state index contributed by atoms with van der Waals surface area (Å²) >= 11 is 0. The van der Waals surface area contributed by atoms with Crippen molar-refractivity contribution < 1.29 is 47.8 Å². The molecule has 0 bridgehead atoms. The number of hydrogen-bond donors (Lipinski definition) is 3. The molecule has 3 atom stereocenters. The van der Waals surface area contributed by atoms with Gasteiger partial charge in [-0.25, -0.2) is 4.57 Å². The molecule has 11 heteroatoms. The molecule has 1 unspecified atom stereocenters. The second-order valence-electron chi connectivity index (χ2n) is 12.2. The molecule has 0 rings (SSSR count).